The smallest absolute Gasteiger partial charge is 0.143 e. The summed E-state index contributed by atoms with van der Waals surface area (Å²) >= 11 is 5.79. The molecule has 0 aliphatic carbocycles. The van der Waals surface area contributed by atoms with Crippen molar-refractivity contribution in [3.05, 3.63) is 88.9 Å². The van der Waals surface area contributed by atoms with Crippen LogP contribution in [0.1, 0.15) is 24.2 Å². The fraction of sp³-hybridized carbons (Fsp3) is 0.190. The van der Waals surface area contributed by atoms with E-state index in [1.165, 1.54) is 35.5 Å². The lowest BCUT2D eigenvalue weighted by Crippen LogP contribution is -2.38. The van der Waals surface area contributed by atoms with Gasteiger partial charge in [-0.2, -0.15) is 5.10 Å². The van der Waals surface area contributed by atoms with Crippen LogP contribution in [-0.2, 0) is 12.1 Å². The Morgan fingerprint density at radius 1 is 1.13 bits per heavy atom. The molecule has 6 nitrogen and oxygen atoms in total. The van der Waals surface area contributed by atoms with Crippen molar-refractivity contribution in [2.75, 3.05) is 0 Å². The highest BCUT2D eigenvalue weighted by Gasteiger charge is 2.42. The average molecular weight is 449 g/mol. The second-order valence-corrected chi connectivity index (χ2v) is 7.54. The summed E-state index contributed by atoms with van der Waals surface area (Å²) in [7, 11) is 0. The van der Waals surface area contributed by atoms with Crippen molar-refractivity contribution in [1.29, 1.82) is 0 Å². The van der Waals surface area contributed by atoms with Gasteiger partial charge >= 0.3 is 0 Å². The van der Waals surface area contributed by atoms with Crippen LogP contribution < -0.4 is 0 Å². The van der Waals surface area contributed by atoms with Crippen molar-refractivity contribution in [3.63, 3.8) is 0 Å². The number of aliphatic hydroxyl groups is 1. The van der Waals surface area contributed by atoms with E-state index in [-0.39, 0.29) is 34.1 Å². The zero-order valence-corrected chi connectivity index (χ0v) is 16.9. The number of rotatable bonds is 6. The Labute approximate surface area is 179 Å². The lowest BCUT2D eigenvalue weighted by molar-refractivity contribution is -0.0181. The molecule has 2 aromatic carbocycles. The first-order valence-electron chi connectivity index (χ1n) is 9.20. The first-order valence-corrected chi connectivity index (χ1v) is 9.58. The lowest BCUT2D eigenvalue weighted by Gasteiger charge is -2.33. The van der Waals surface area contributed by atoms with Gasteiger partial charge < -0.3 is 9.63 Å². The molecule has 0 radical (unpaired) electrons. The Morgan fingerprint density at radius 3 is 2.61 bits per heavy atom. The molecule has 0 spiro atoms. The van der Waals surface area contributed by atoms with E-state index in [4.69, 9.17) is 16.1 Å². The number of benzene rings is 2. The highest BCUT2D eigenvalue weighted by atomic mass is 35.5. The van der Waals surface area contributed by atoms with Gasteiger partial charge in [-0.3, -0.25) is 0 Å². The largest absolute Gasteiger partial charge is 0.382 e. The second kappa shape index (κ2) is 8.16. The highest BCUT2D eigenvalue weighted by molar-refractivity contribution is 6.30. The van der Waals surface area contributed by atoms with E-state index in [9.17, 15) is 18.3 Å². The zero-order chi connectivity index (χ0) is 22.2. The van der Waals surface area contributed by atoms with E-state index in [0.29, 0.717) is 6.07 Å². The number of nitrogens with zero attached hydrogens (tertiary/aromatic N) is 4. The number of hydrogen-bond donors (Lipinski definition) is 1. The van der Waals surface area contributed by atoms with E-state index in [1.807, 2.05) is 0 Å². The third-order valence-corrected chi connectivity index (χ3v) is 5.38. The van der Waals surface area contributed by atoms with E-state index >= 15 is 0 Å². The third kappa shape index (κ3) is 4.06. The predicted molar refractivity (Wildman–Crippen MR) is 106 cm³/mol. The highest BCUT2D eigenvalue weighted by Crippen LogP contribution is 2.40. The molecule has 2 heterocycles. The van der Waals surface area contributed by atoms with Gasteiger partial charge in [0.05, 0.1) is 12.5 Å². The van der Waals surface area contributed by atoms with Gasteiger partial charge in [0.15, 0.2) is 0 Å². The summed E-state index contributed by atoms with van der Waals surface area (Å²) < 4.78 is 49.1. The van der Waals surface area contributed by atoms with Crippen LogP contribution in [-0.4, -0.2) is 25.0 Å². The number of aromatic nitrogens is 4. The minimum atomic E-state index is -1.92. The standard InChI is InChI=1S/C21H16ClF3N4O2/c1-12(20-8-19(28-31-20)15-4-2-13(22)6-17(15)24)21(30,9-29-11-26-10-27-29)16-5-3-14(23)7-18(16)25/h2-8,10-12,30H,9H2,1H3/t12-,21+/m0/s1. The summed E-state index contributed by atoms with van der Waals surface area (Å²) in [6, 6.07) is 8.44. The summed E-state index contributed by atoms with van der Waals surface area (Å²) in [4.78, 5) is 3.83. The van der Waals surface area contributed by atoms with Gasteiger partial charge in [-0.15, -0.1) is 0 Å². The van der Waals surface area contributed by atoms with E-state index in [1.54, 1.807) is 6.92 Å². The van der Waals surface area contributed by atoms with Crippen molar-refractivity contribution in [1.82, 2.24) is 19.9 Å². The first kappa shape index (κ1) is 21.1. The molecule has 4 aromatic rings. The molecule has 10 heteroatoms. The van der Waals surface area contributed by atoms with Crippen molar-refractivity contribution >= 4 is 11.6 Å². The van der Waals surface area contributed by atoms with E-state index in [0.717, 1.165) is 18.2 Å². The quantitative estimate of drug-likeness (QED) is 0.463. The first-order chi connectivity index (χ1) is 14.8. The minimum absolute atomic E-state index is 0.152. The van der Waals surface area contributed by atoms with Gasteiger partial charge in [0.2, 0.25) is 0 Å². The number of hydrogen-bond acceptors (Lipinski definition) is 5. The Balaban J connectivity index is 1.76. The predicted octanol–water partition coefficient (Wildman–Crippen LogP) is 4.70. The molecule has 0 aliphatic heterocycles. The normalized spacial score (nSPS) is 14.4. The molecule has 1 N–H and O–H groups in total. The van der Waals surface area contributed by atoms with Crippen molar-refractivity contribution in [3.8, 4) is 11.3 Å². The van der Waals surface area contributed by atoms with Crippen LogP contribution in [0, 0.1) is 17.5 Å². The molecule has 2 atom stereocenters. The molecule has 0 saturated carbocycles. The second-order valence-electron chi connectivity index (χ2n) is 7.10. The Kier molecular flexibility index (Phi) is 5.55. The van der Waals surface area contributed by atoms with Crippen molar-refractivity contribution in [2.24, 2.45) is 0 Å². The topological polar surface area (TPSA) is 77.0 Å². The van der Waals surface area contributed by atoms with Gasteiger partial charge in [0, 0.05) is 28.3 Å². The fourth-order valence-electron chi connectivity index (χ4n) is 3.41. The summed E-state index contributed by atoms with van der Waals surface area (Å²) in [6.45, 7) is 1.38. The Hall–Kier alpha value is -3.17. The lowest BCUT2D eigenvalue weighted by atomic mass is 9.80. The minimum Gasteiger partial charge on any atom is -0.382 e. The molecule has 0 bridgehead atoms. The molecule has 31 heavy (non-hydrogen) atoms. The van der Waals surface area contributed by atoms with Gasteiger partial charge in [-0.25, -0.2) is 22.8 Å². The summed E-state index contributed by atoms with van der Waals surface area (Å²) in [5.74, 6) is -3.03. The molecule has 0 unspecified atom stereocenters. The summed E-state index contributed by atoms with van der Waals surface area (Å²) in [5.41, 5.74) is -1.74. The Morgan fingerprint density at radius 2 is 1.94 bits per heavy atom. The van der Waals surface area contributed by atoms with Crippen LogP contribution in [0.5, 0.6) is 0 Å². The molecular formula is C21H16ClF3N4O2. The van der Waals surface area contributed by atoms with Crippen molar-refractivity contribution < 1.29 is 22.8 Å². The maximum absolute atomic E-state index is 14.7. The van der Waals surface area contributed by atoms with Gasteiger partial charge in [-0.1, -0.05) is 29.7 Å². The van der Waals surface area contributed by atoms with Gasteiger partial charge in [0.1, 0.15) is 47.2 Å². The Bertz CT molecular complexity index is 1220. The van der Waals surface area contributed by atoms with Crippen molar-refractivity contribution in [2.45, 2.75) is 25.0 Å². The summed E-state index contributed by atoms with van der Waals surface area (Å²) in [5, 5.41) is 19.7. The van der Waals surface area contributed by atoms with Crippen LogP contribution in [0.25, 0.3) is 11.3 Å². The summed E-state index contributed by atoms with van der Waals surface area (Å²) in [6.07, 6.45) is 2.62. The molecule has 0 saturated heterocycles. The molecule has 160 valence electrons. The SMILES string of the molecule is C[C@@H](c1cc(-c2ccc(Cl)cc2F)no1)[C@](O)(Cn1cncn1)c1ccc(F)cc1F. The van der Waals surface area contributed by atoms with Gasteiger partial charge in [-0.05, 0) is 24.3 Å². The molecular weight excluding hydrogens is 433 g/mol. The zero-order valence-electron chi connectivity index (χ0n) is 16.1. The molecule has 0 aliphatic rings. The maximum Gasteiger partial charge on any atom is 0.143 e. The molecule has 0 amide bonds. The third-order valence-electron chi connectivity index (χ3n) is 5.15. The van der Waals surface area contributed by atoms with Crippen LogP contribution in [0.4, 0.5) is 13.2 Å². The van der Waals surface area contributed by atoms with Gasteiger partial charge in [0.25, 0.3) is 0 Å². The van der Waals surface area contributed by atoms with E-state index in [2.05, 4.69) is 15.2 Å². The maximum atomic E-state index is 14.7. The molecule has 2 aromatic heterocycles. The van der Waals surface area contributed by atoms with Crippen LogP contribution in [0.15, 0.2) is 59.6 Å². The van der Waals surface area contributed by atoms with Crippen LogP contribution in [0.3, 0.4) is 0 Å². The molecule has 0 fully saturated rings. The van der Waals surface area contributed by atoms with Crippen LogP contribution >= 0.6 is 11.6 Å². The van der Waals surface area contributed by atoms with E-state index < -0.39 is 29.0 Å². The fourth-order valence-corrected chi connectivity index (χ4v) is 3.57. The average Bonchev–Trinajstić information content (AvgIpc) is 3.39. The number of halogens is 4. The molecule has 4 rings (SSSR count). The monoisotopic (exact) mass is 448 g/mol. The van der Waals surface area contributed by atoms with Crippen LogP contribution in [0.2, 0.25) is 5.02 Å².